The Morgan fingerprint density at radius 3 is 2.38 bits per heavy atom. The summed E-state index contributed by atoms with van der Waals surface area (Å²) in [7, 11) is 4.81. The summed E-state index contributed by atoms with van der Waals surface area (Å²) in [5.41, 5.74) is 3.03. The summed E-state index contributed by atoms with van der Waals surface area (Å²) >= 11 is 0. The van der Waals surface area contributed by atoms with E-state index >= 15 is 0 Å². The largest absolute Gasteiger partial charge is 0.493 e. The van der Waals surface area contributed by atoms with E-state index in [1.807, 2.05) is 36.1 Å². The Bertz CT molecular complexity index is 1080. The van der Waals surface area contributed by atoms with Gasteiger partial charge >= 0.3 is 0 Å². The van der Waals surface area contributed by atoms with Crippen LogP contribution < -0.4 is 19.1 Å². The van der Waals surface area contributed by atoms with Crippen molar-refractivity contribution < 1.29 is 19.0 Å². The molecular weight excluding hydrogens is 366 g/mol. The van der Waals surface area contributed by atoms with Crippen molar-refractivity contribution in [2.24, 2.45) is 0 Å². The lowest BCUT2D eigenvalue weighted by Crippen LogP contribution is -2.37. The highest BCUT2D eigenvalue weighted by atomic mass is 16.5. The van der Waals surface area contributed by atoms with Gasteiger partial charge in [-0.2, -0.15) is 0 Å². The Balaban J connectivity index is 2.02. The van der Waals surface area contributed by atoms with Gasteiger partial charge in [-0.3, -0.25) is 4.79 Å². The smallest absolute Gasteiger partial charge is 0.227 e. The second-order valence-corrected chi connectivity index (χ2v) is 7.04. The van der Waals surface area contributed by atoms with Gasteiger partial charge in [0.25, 0.3) is 0 Å². The van der Waals surface area contributed by atoms with Crippen molar-refractivity contribution in [3.05, 3.63) is 59.7 Å². The second-order valence-electron chi connectivity index (χ2n) is 7.04. The standard InChI is InChI=1S/C24H25NO4/c1-5-25-19-12-10-15-8-6-7-9-16(15)22(19)18(14-21(25)26)17-11-13-20(27-2)24(29-4)23(17)28-3/h6-13,18H,5,14H2,1-4H3. The minimum Gasteiger partial charge on any atom is -0.493 e. The molecule has 1 heterocycles. The van der Waals surface area contributed by atoms with Crippen molar-refractivity contribution in [3.8, 4) is 17.2 Å². The summed E-state index contributed by atoms with van der Waals surface area (Å²) < 4.78 is 16.8. The molecule has 0 N–H and O–H groups in total. The van der Waals surface area contributed by atoms with Crippen LogP contribution in [0.3, 0.4) is 0 Å². The van der Waals surface area contributed by atoms with Crippen LogP contribution in [0.5, 0.6) is 17.2 Å². The monoisotopic (exact) mass is 391 g/mol. The highest BCUT2D eigenvalue weighted by Gasteiger charge is 2.35. The molecule has 0 saturated heterocycles. The van der Waals surface area contributed by atoms with Crippen molar-refractivity contribution >= 4 is 22.4 Å². The van der Waals surface area contributed by atoms with Gasteiger partial charge in [0.2, 0.25) is 11.7 Å². The van der Waals surface area contributed by atoms with E-state index in [-0.39, 0.29) is 11.8 Å². The third kappa shape index (κ3) is 2.97. The Morgan fingerprint density at radius 2 is 1.69 bits per heavy atom. The van der Waals surface area contributed by atoms with E-state index in [1.165, 1.54) is 0 Å². The molecule has 1 aliphatic rings. The molecule has 0 radical (unpaired) electrons. The number of rotatable bonds is 5. The zero-order valence-corrected chi connectivity index (χ0v) is 17.2. The van der Waals surface area contributed by atoms with Crippen molar-refractivity contribution in [1.82, 2.24) is 0 Å². The number of hydrogen-bond acceptors (Lipinski definition) is 4. The first kappa shape index (κ1) is 19.1. The number of carbonyl (C=O) groups excluding carboxylic acids is 1. The van der Waals surface area contributed by atoms with E-state index in [2.05, 4.69) is 24.3 Å². The molecule has 0 bridgehead atoms. The van der Waals surface area contributed by atoms with Gasteiger partial charge in [-0.15, -0.1) is 0 Å². The van der Waals surface area contributed by atoms with Gasteiger partial charge in [0.05, 0.1) is 21.3 Å². The molecule has 5 nitrogen and oxygen atoms in total. The van der Waals surface area contributed by atoms with Crippen LogP contribution >= 0.6 is 0 Å². The molecule has 3 aromatic rings. The highest BCUT2D eigenvalue weighted by molar-refractivity contribution is 6.03. The maximum Gasteiger partial charge on any atom is 0.227 e. The lowest BCUT2D eigenvalue weighted by molar-refractivity contribution is -0.119. The Kier molecular flexibility index (Phi) is 5.05. The van der Waals surface area contributed by atoms with Crippen LogP contribution in [-0.4, -0.2) is 33.8 Å². The third-order valence-corrected chi connectivity index (χ3v) is 5.69. The first-order valence-corrected chi connectivity index (χ1v) is 9.75. The van der Waals surface area contributed by atoms with Crippen molar-refractivity contribution in [2.75, 3.05) is 32.8 Å². The van der Waals surface area contributed by atoms with Crippen LogP contribution in [0.15, 0.2) is 48.5 Å². The topological polar surface area (TPSA) is 48.0 Å². The molecule has 0 aromatic heterocycles. The number of methoxy groups -OCH3 is 3. The summed E-state index contributed by atoms with van der Waals surface area (Å²) in [4.78, 5) is 14.9. The molecule has 1 atom stereocenters. The SMILES string of the molecule is CCN1C(=O)CC(c2ccc(OC)c(OC)c2OC)c2c1ccc1ccccc21. The maximum absolute atomic E-state index is 13.0. The van der Waals surface area contributed by atoms with Gasteiger partial charge < -0.3 is 19.1 Å². The zero-order chi connectivity index (χ0) is 20.5. The summed E-state index contributed by atoms with van der Waals surface area (Å²) in [6.45, 7) is 2.65. The minimum atomic E-state index is -0.138. The fourth-order valence-corrected chi connectivity index (χ4v) is 4.42. The molecule has 1 amide bonds. The summed E-state index contributed by atoms with van der Waals surface area (Å²) in [5, 5.41) is 2.30. The van der Waals surface area contributed by atoms with Crippen LogP contribution in [-0.2, 0) is 4.79 Å². The molecule has 0 fully saturated rings. The van der Waals surface area contributed by atoms with Crippen LogP contribution in [0.25, 0.3) is 10.8 Å². The molecule has 1 aliphatic heterocycles. The van der Waals surface area contributed by atoms with E-state index in [0.29, 0.717) is 30.2 Å². The predicted octanol–water partition coefficient (Wildman–Crippen LogP) is 4.75. The average Bonchev–Trinajstić information content (AvgIpc) is 2.76. The summed E-state index contributed by atoms with van der Waals surface area (Å²) in [6.07, 6.45) is 0.376. The molecule has 150 valence electrons. The third-order valence-electron chi connectivity index (χ3n) is 5.69. The highest BCUT2D eigenvalue weighted by Crippen LogP contribution is 2.50. The fourth-order valence-electron chi connectivity index (χ4n) is 4.42. The van der Waals surface area contributed by atoms with Crippen LogP contribution in [0, 0.1) is 0 Å². The first-order valence-electron chi connectivity index (χ1n) is 9.75. The van der Waals surface area contributed by atoms with Gasteiger partial charge in [-0.1, -0.05) is 36.4 Å². The number of hydrogen-bond donors (Lipinski definition) is 0. The van der Waals surface area contributed by atoms with Crippen LogP contribution in [0.2, 0.25) is 0 Å². The molecular formula is C24H25NO4. The van der Waals surface area contributed by atoms with E-state index in [4.69, 9.17) is 14.2 Å². The Hall–Kier alpha value is -3.21. The number of carbonyl (C=O) groups is 1. The molecule has 0 aliphatic carbocycles. The second kappa shape index (κ2) is 7.66. The average molecular weight is 391 g/mol. The number of anilines is 1. The molecule has 3 aromatic carbocycles. The molecule has 0 saturated carbocycles. The van der Waals surface area contributed by atoms with Crippen LogP contribution in [0.4, 0.5) is 5.69 Å². The van der Waals surface area contributed by atoms with Crippen molar-refractivity contribution in [3.63, 3.8) is 0 Å². The van der Waals surface area contributed by atoms with Gasteiger partial charge in [0, 0.05) is 30.1 Å². The maximum atomic E-state index is 13.0. The normalized spacial score (nSPS) is 15.9. The van der Waals surface area contributed by atoms with E-state index in [1.54, 1.807) is 21.3 Å². The first-order chi connectivity index (χ1) is 14.1. The number of fused-ring (bicyclic) bond motifs is 3. The van der Waals surface area contributed by atoms with Gasteiger partial charge in [-0.05, 0) is 35.4 Å². The van der Waals surface area contributed by atoms with Crippen molar-refractivity contribution in [1.29, 1.82) is 0 Å². The minimum absolute atomic E-state index is 0.108. The number of nitrogens with zero attached hydrogens (tertiary/aromatic N) is 1. The Morgan fingerprint density at radius 1 is 0.931 bits per heavy atom. The van der Waals surface area contributed by atoms with Gasteiger partial charge in [0.1, 0.15) is 0 Å². The quantitative estimate of drug-likeness (QED) is 0.630. The lowest BCUT2D eigenvalue weighted by atomic mass is 9.80. The number of ether oxygens (including phenoxy) is 3. The van der Waals surface area contributed by atoms with E-state index in [0.717, 1.165) is 27.6 Å². The fraction of sp³-hybridized carbons (Fsp3) is 0.292. The summed E-state index contributed by atoms with van der Waals surface area (Å²) in [6, 6.07) is 16.3. The zero-order valence-electron chi connectivity index (χ0n) is 17.2. The van der Waals surface area contributed by atoms with Crippen LogP contribution in [0.1, 0.15) is 30.4 Å². The van der Waals surface area contributed by atoms with Gasteiger partial charge in [-0.25, -0.2) is 0 Å². The molecule has 29 heavy (non-hydrogen) atoms. The summed E-state index contributed by atoms with van der Waals surface area (Å²) in [5.74, 6) is 1.72. The molecule has 0 spiro atoms. The Labute approximate surface area is 170 Å². The molecule has 4 rings (SSSR count). The van der Waals surface area contributed by atoms with E-state index < -0.39 is 0 Å². The lowest BCUT2D eigenvalue weighted by Gasteiger charge is -2.35. The number of amides is 1. The van der Waals surface area contributed by atoms with Crippen molar-refractivity contribution in [2.45, 2.75) is 19.3 Å². The van der Waals surface area contributed by atoms with E-state index in [9.17, 15) is 4.79 Å². The molecule has 1 unspecified atom stereocenters. The van der Waals surface area contributed by atoms with Gasteiger partial charge in [0.15, 0.2) is 11.5 Å². The molecule has 5 heteroatoms. The number of benzene rings is 3. The predicted molar refractivity (Wildman–Crippen MR) is 115 cm³/mol.